The lowest BCUT2D eigenvalue weighted by molar-refractivity contribution is -0.137. The molecular weight excluding hydrogens is 391 g/mol. The third kappa shape index (κ3) is 4.17. The molecule has 0 spiro atoms. The van der Waals surface area contributed by atoms with Crippen LogP contribution in [0.15, 0.2) is 42.5 Å². The first-order valence-corrected chi connectivity index (χ1v) is 10.3. The molecule has 30 heavy (non-hydrogen) atoms. The molecule has 0 aliphatic carbocycles. The van der Waals surface area contributed by atoms with Gasteiger partial charge in [-0.15, -0.1) is 0 Å². The van der Waals surface area contributed by atoms with Crippen LogP contribution >= 0.6 is 0 Å². The first-order chi connectivity index (χ1) is 14.4. The van der Waals surface area contributed by atoms with Gasteiger partial charge in [-0.1, -0.05) is 18.2 Å². The van der Waals surface area contributed by atoms with E-state index in [1.807, 2.05) is 25.2 Å². The van der Waals surface area contributed by atoms with Gasteiger partial charge in [0.1, 0.15) is 11.6 Å². The number of imidazole rings is 1. The Balaban J connectivity index is 1.45. The highest BCUT2D eigenvalue weighted by Gasteiger charge is 2.32. The number of ether oxygens (including phenoxy) is 1. The maximum Gasteiger partial charge on any atom is 0.416 e. The Bertz CT molecular complexity index is 1020. The van der Waals surface area contributed by atoms with Crippen LogP contribution in [-0.4, -0.2) is 34.1 Å². The lowest BCUT2D eigenvalue weighted by Crippen LogP contribution is -2.33. The summed E-state index contributed by atoms with van der Waals surface area (Å²) in [7, 11) is 2.04. The molecule has 160 valence electrons. The van der Waals surface area contributed by atoms with Crippen LogP contribution in [0.25, 0.3) is 11.0 Å². The van der Waals surface area contributed by atoms with E-state index in [-0.39, 0.29) is 5.92 Å². The standard InChI is InChI=1S/C23H26F3N3O/c1-3-30-21-14-17(23(24,25)26)8-9-18(21)16-10-12-29(13-11-16)15-22-27-19-6-4-5-7-20(19)28(22)2/h4-9,14,16H,3,10-13,15H2,1-2H3. The number of piperidine rings is 1. The summed E-state index contributed by atoms with van der Waals surface area (Å²) in [6.45, 7) is 4.66. The second-order valence-corrected chi connectivity index (χ2v) is 7.81. The van der Waals surface area contributed by atoms with Gasteiger partial charge in [-0.2, -0.15) is 13.2 Å². The zero-order chi connectivity index (χ0) is 21.3. The van der Waals surface area contributed by atoms with Crippen LogP contribution in [0, 0.1) is 0 Å². The molecule has 0 bridgehead atoms. The summed E-state index contributed by atoms with van der Waals surface area (Å²) in [6, 6.07) is 12.0. The normalized spacial score (nSPS) is 16.3. The molecule has 1 saturated heterocycles. The van der Waals surface area contributed by atoms with Gasteiger partial charge in [0.05, 0.1) is 29.7 Å². The van der Waals surface area contributed by atoms with Crippen LogP contribution < -0.4 is 4.74 Å². The molecule has 1 fully saturated rings. The molecule has 0 atom stereocenters. The van der Waals surface area contributed by atoms with Crippen molar-refractivity contribution in [3.05, 3.63) is 59.4 Å². The minimum atomic E-state index is -4.36. The van der Waals surface area contributed by atoms with Crippen LogP contribution in [0.2, 0.25) is 0 Å². The zero-order valence-electron chi connectivity index (χ0n) is 17.2. The molecule has 0 amide bonds. The summed E-state index contributed by atoms with van der Waals surface area (Å²) in [5.41, 5.74) is 2.34. The summed E-state index contributed by atoms with van der Waals surface area (Å²) in [5, 5.41) is 0. The Labute approximate surface area is 174 Å². The van der Waals surface area contributed by atoms with Crippen molar-refractivity contribution in [3.63, 3.8) is 0 Å². The number of likely N-dealkylation sites (tertiary alicyclic amines) is 1. The molecular formula is C23H26F3N3O. The van der Waals surface area contributed by atoms with E-state index < -0.39 is 11.7 Å². The number of fused-ring (bicyclic) bond motifs is 1. The second kappa shape index (κ2) is 8.30. The fraction of sp³-hybridized carbons (Fsp3) is 0.435. The number of para-hydroxylation sites is 2. The number of hydrogen-bond donors (Lipinski definition) is 0. The summed E-state index contributed by atoms with van der Waals surface area (Å²) in [4.78, 5) is 7.11. The van der Waals surface area contributed by atoms with Crippen molar-refractivity contribution in [3.8, 4) is 5.75 Å². The number of rotatable bonds is 5. The Hall–Kier alpha value is -2.54. The number of aryl methyl sites for hydroxylation is 1. The Morgan fingerprint density at radius 1 is 1.10 bits per heavy atom. The highest BCUT2D eigenvalue weighted by Crippen LogP contribution is 2.39. The van der Waals surface area contributed by atoms with E-state index >= 15 is 0 Å². The third-order valence-corrected chi connectivity index (χ3v) is 5.91. The summed E-state index contributed by atoms with van der Waals surface area (Å²) in [5.74, 6) is 1.59. The SMILES string of the molecule is CCOc1cc(C(F)(F)F)ccc1C1CCN(Cc2nc3ccccc3n2C)CC1. The quantitative estimate of drug-likeness (QED) is 0.559. The molecule has 4 rings (SSSR count). The summed E-state index contributed by atoms with van der Waals surface area (Å²) < 4.78 is 46.9. The first kappa shape index (κ1) is 20.7. The average Bonchev–Trinajstić information content (AvgIpc) is 3.04. The molecule has 7 heteroatoms. The highest BCUT2D eigenvalue weighted by atomic mass is 19.4. The van der Waals surface area contributed by atoms with Crippen molar-refractivity contribution in [2.45, 2.75) is 38.4 Å². The van der Waals surface area contributed by atoms with Crippen molar-refractivity contribution in [2.75, 3.05) is 19.7 Å². The van der Waals surface area contributed by atoms with Crippen molar-refractivity contribution in [1.82, 2.24) is 14.5 Å². The molecule has 1 aromatic heterocycles. The van der Waals surface area contributed by atoms with E-state index in [1.54, 1.807) is 13.0 Å². The molecule has 2 aromatic carbocycles. The van der Waals surface area contributed by atoms with Crippen LogP contribution in [0.4, 0.5) is 13.2 Å². The maximum absolute atomic E-state index is 13.1. The highest BCUT2D eigenvalue weighted by molar-refractivity contribution is 5.75. The van der Waals surface area contributed by atoms with Gasteiger partial charge in [-0.25, -0.2) is 4.98 Å². The number of hydrogen-bond acceptors (Lipinski definition) is 3. The monoisotopic (exact) mass is 417 g/mol. The lowest BCUT2D eigenvalue weighted by atomic mass is 9.88. The number of aromatic nitrogens is 2. The number of halogens is 3. The topological polar surface area (TPSA) is 30.3 Å². The minimum absolute atomic E-state index is 0.200. The molecule has 1 aliphatic rings. The van der Waals surface area contributed by atoms with E-state index in [1.165, 1.54) is 6.07 Å². The summed E-state index contributed by atoms with van der Waals surface area (Å²) >= 11 is 0. The van der Waals surface area contributed by atoms with Crippen molar-refractivity contribution < 1.29 is 17.9 Å². The predicted molar refractivity (Wildman–Crippen MR) is 111 cm³/mol. The van der Waals surface area contributed by atoms with E-state index in [2.05, 4.69) is 15.5 Å². The van der Waals surface area contributed by atoms with Gasteiger partial charge in [0.25, 0.3) is 0 Å². The lowest BCUT2D eigenvalue weighted by Gasteiger charge is -2.32. The molecule has 0 saturated carbocycles. The minimum Gasteiger partial charge on any atom is -0.494 e. The van der Waals surface area contributed by atoms with Crippen molar-refractivity contribution in [2.24, 2.45) is 7.05 Å². The van der Waals surface area contributed by atoms with Gasteiger partial charge >= 0.3 is 6.18 Å². The molecule has 0 N–H and O–H groups in total. The first-order valence-electron chi connectivity index (χ1n) is 10.3. The fourth-order valence-corrected chi connectivity index (χ4v) is 4.27. The summed E-state index contributed by atoms with van der Waals surface area (Å²) in [6.07, 6.45) is -2.59. The van der Waals surface area contributed by atoms with Gasteiger partial charge in [0, 0.05) is 7.05 Å². The van der Waals surface area contributed by atoms with Crippen molar-refractivity contribution >= 4 is 11.0 Å². The molecule has 4 nitrogen and oxygen atoms in total. The van der Waals surface area contributed by atoms with E-state index in [0.29, 0.717) is 12.4 Å². The fourth-order valence-electron chi connectivity index (χ4n) is 4.27. The van der Waals surface area contributed by atoms with Gasteiger partial charge in [-0.05, 0) is 68.6 Å². The Morgan fingerprint density at radius 2 is 1.83 bits per heavy atom. The molecule has 2 heterocycles. The third-order valence-electron chi connectivity index (χ3n) is 5.91. The number of alkyl halides is 3. The molecule has 0 unspecified atom stereocenters. The van der Waals surface area contributed by atoms with E-state index in [0.717, 1.165) is 61.0 Å². The zero-order valence-corrected chi connectivity index (χ0v) is 17.2. The average molecular weight is 417 g/mol. The van der Waals surface area contributed by atoms with Crippen LogP contribution in [-0.2, 0) is 19.8 Å². The van der Waals surface area contributed by atoms with Crippen LogP contribution in [0.5, 0.6) is 5.75 Å². The van der Waals surface area contributed by atoms with Gasteiger partial charge in [0.15, 0.2) is 0 Å². The smallest absolute Gasteiger partial charge is 0.416 e. The number of benzene rings is 2. The maximum atomic E-state index is 13.1. The van der Waals surface area contributed by atoms with E-state index in [9.17, 15) is 13.2 Å². The van der Waals surface area contributed by atoms with Crippen molar-refractivity contribution in [1.29, 1.82) is 0 Å². The van der Waals surface area contributed by atoms with Gasteiger partial charge in [0.2, 0.25) is 0 Å². The van der Waals surface area contributed by atoms with Crippen LogP contribution in [0.1, 0.15) is 42.6 Å². The van der Waals surface area contributed by atoms with Gasteiger partial charge in [-0.3, -0.25) is 4.90 Å². The molecule has 1 aliphatic heterocycles. The largest absolute Gasteiger partial charge is 0.494 e. The number of nitrogens with zero attached hydrogens (tertiary/aromatic N) is 3. The Kier molecular flexibility index (Phi) is 5.73. The molecule has 3 aromatic rings. The van der Waals surface area contributed by atoms with Gasteiger partial charge < -0.3 is 9.30 Å². The van der Waals surface area contributed by atoms with Crippen LogP contribution in [0.3, 0.4) is 0 Å². The van der Waals surface area contributed by atoms with E-state index in [4.69, 9.17) is 9.72 Å². The second-order valence-electron chi connectivity index (χ2n) is 7.81. The predicted octanol–water partition coefficient (Wildman–Crippen LogP) is 5.37. The molecule has 0 radical (unpaired) electrons. The Morgan fingerprint density at radius 3 is 2.50 bits per heavy atom.